The van der Waals surface area contributed by atoms with Gasteiger partial charge in [-0.15, -0.1) is 0 Å². The van der Waals surface area contributed by atoms with Crippen LogP contribution in [0.4, 0.5) is 0 Å². The number of ketones is 1. The molecule has 162 valence electrons. The van der Waals surface area contributed by atoms with Crippen molar-refractivity contribution in [1.29, 1.82) is 0 Å². The first-order valence-electron chi connectivity index (χ1n) is 10.2. The van der Waals surface area contributed by atoms with E-state index in [4.69, 9.17) is 16.3 Å². The molecule has 1 N–H and O–H groups in total. The van der Waals surface area contributed by atoms with Gasteiger partial charge >= 0.3 is 0 Å². The van der Waals surface area contributed by atoms with Gasteiger partial charge in [-0.2, -0.15) is 0 Å². The van der Waals surface area contributed by atoms with Gasteiger partial charge in [0.15, 0.2) is 0 Å². The number of amides is 1. The standard InChI is InChI=1S/C26H22ClNO4/c1-32-21-12-10-18(11-13-21)24(29)22-23(19-8-5-9-20(27)16-19)28(26(31)25(22)30)15-14-17-6-3-2-4-7-17/h2-13,16,23,29H,14-15H2,1H3. The van der Waals surface area contributed by atoms with E-state index in [-0.39, 0.29) is 11.3 Å². The molecular weight excluding hydrogens is 426 g/mol. The van der Waals surface area contributed by atoms with E-state index in [2.05, 4.69) is 0 Å². The van der Waals surface area contributed by atoms with Crippen molar-refractivity contribution >= 4 is 29.1 Å². The van der Waals surface area contributed by atoms with E-state index in [9.17, 15) is 14.7 Å². The molecule has 3 aromatic carbocycles. The summed E-state index contributed by atoms with van der Waals surface area (Å²) < 4.78 is 5.17. The molecule has 6 heteroatoms. The van der Waals surface area contributed by atoms with E-state index in [1.807, 2.05) is 30.3 Å². The quantitative estimate of drug-likeness (QED) is 0.327. The van der Waals surface area contributed by atoms with Gasteiger partial charge < -0.3 is 14.7 Å². The molecule has 3 aromatic rings. The number of carbonyl (C=O) groups excluding carboxylic acids is 2. The normalized spacial score (nSPS) is 17.6. The summed E-state index contributed by atoms with van der Waals surface area (Å²) in [5, 5.41) is 11.6. The average Bonchev–Trinajstić information content (AvgIpc) is 3.08. The third-order valence-corrected chi connectivity index (χ3v) is 5.79. The highest BCUT2D eigenvalue weighted by molar-refractivity contribution is 6.46. The minimum atomic E-state index is -0.737. The summed E-state index contributed by atoms with van der Waals surface area (Å²) in [6.45, 7) is 0.325. The van der Waals surface area contributed by atoms with Crippen molar-refractivity contribution in [3.8, 4) is 5.75 Å². The Labute approximate surface area is 191 Å². The van der Waals surface area contributed by atoms with Crippen LogP contribution >= 0.6 is 11.6 Å². The zero-order valence-corrected chi connectivity index (χ0v) is 18.3. The van der Waals surface area contributed by atoms with Crippen LogP contribution in [0.5, 0.6) is 5.75 Å². The predicted molar refractivity (Wildman–Crippen MR) is 124 cm³/mol. The van der Waals surface area contributed by atoms with Crippen molar-refractivity contribution in [1.82, 2.24) is 4.90 Å². The highest BCUT2D eigenvalue weighted by atomic mass is 35.5. The number of aliphatic hydroxyl groups excluding tert-OH is 1. The van der Waals surface area contributed by atoms with Gasteiger partial charge in [0.2, 0.25) is 0 Å². The van der Waals surface area contributed by atoms with E-state index in [0.29, 0.717) is 34.9 Å². The fraction of sp³-hybridized carbons (Fsp3) is 0.154. The van der Waals surface area contributed by atoms with Gasteiger partial charge in [0.05, 0.1) is 18.7 Å². The second kappa shape index (κ2) is 9.28. The zero-order chi connectivity index (χ0) is 22.7. The molecule has 1 atom stereocenters. The Bertz CT molecular complexity index is 1170. The predicted octanol–water partition coefficient (Wildman–Crippen LogP) is 5.01. The number of hydrogen-bond acceptors (Lipinski definition) is 4. The Balaban J connectivity index is 1.78. The topological polar surface area (TPSA) is 66.8 Å². The van der Waals surface area contributed by atoms with Crippen LogP contribution in [-0.4, -0.2) is 35.4 Å². The van der Waals surface area contributed by atoms with Crippen molar-refractivity contribution in [2.45, 2.75) is 12.5 Å². The van der Waals surface area contributed by atoms with Gasteiger partial charge in [0, 0.05) is 17.1 Å². The second-order valence-corrected chi connectivity index (χ2v) is 7.95. The molecule has 1 unspecified atom stereocenters. The third-order valence-electron chi connectivity index (χ3n) is 5.55. The van der Waals surface area contributed by atoms with E-state index in [0.717, 1.165) is 5.56 Å². The monoisotopic (exact) mass is 447 g/mol. The summed E-state index contributed by atoms with van der Waals surface area (Å²) in [7, 11) is 1.55. The van der Waals surface area contributed by atoms with Crippen LogP contribution in [0.2, 0.25) is 5.02 Å². The molecule has 1 fully saturated rings. The first-order valence-corrected chi connectivity index (χ1v) is 10.6. The minimum absolute atomic E-state index is 0.0514. The molecule has 0 spiro atoms. The molecule has 0 aromatic heterocycles. The molecule has 0 bridgehead atoms. The van der Waals surface area contributed by atoms with E-state index >= 15 is 0 Å². The molecule has 1 amide bonds. The minimum Gasteiger partial charge on any atom is -0.507 e. The Morgan fingerprint density at radius 1 is 1.00 bits per heavy atom. The number of Topliss-reactive ketones (excluding diaryl/α,β-unsaturated/α-hetero) is 1. The first kappa shape index (κ1) is 21.7. The van der Waals surface area contributed by atoms with E-state index < -0.39 is 17.7 Å². The number of rotatable bonds is 6. The molecule has 1 aliphatic rings. The lowest BCUT2D eigenvalue weighted by Crippen LogP contribution is -2.31. The van der Waals surface area contributed by atoms with Gasteiger partial charge in [0.1, 0.15) is 11.5 Å². The number of aliphatic hydroxyl groups is 1. The molecule has 1 heterocycles. The van der Waals surface area contributed by atoms with Gasteiger partial charge in [-0.1, -0.05) is 54.1 Å². The SMILES string of the molecule is COc1ccc(C(O)=C2C(=O)C(=O)N(CCc3ccccc3)C2c2cccc(Cl)c2)cc1. The number of ether oxygens (including phenoxy) is 1. The Kier molecular flexibility index (Phi) is 6.28. The number of likely N-dealkylation sites (tertiary alicyclic amines) is 1. The lowest BCUT2D eigenvalue weighted by molar-refractivity contribution is -0.139. The van der Waals surface area contributed by atoms with Crippen molar-refractivity contribution < 1.29 is 19.4 Å². The third kappa shape index (κ3) is 4.25. The largest absolute Gasteiger partial charge is 0.507 e. The Morgan fingerprint density at radius 3 is 2.38 bits per heavy atom. The lowest BCUT2D eigenvalue weighted by Gasteiger charge is -2.25. The number of methoxy groups -OCH3 is 1. The maximum atomic E-state index is 13.1. The van der Waals surface area contributed by atoms with Crippen molar-refractivity contribution in [2.75, 3.05) is 13.7 Å². The Morgan fingerprint density at radius 2 is 1.72 bits per heavy atom. The Hall–Kier alpha value is -3.57. The number of carbonyl (C=O) groups is 2. The molecular formula is C26H22ClNO4. The van der Waals surface area contributed by atoms with Crippen LogP contribution in [0.15, 0.2) is 84.4 Å². The molecule has 0 radical (unpaired) electrons. The second-order valence-electron chi connectivity index (χ2n) is 7.51. The molecule has 4 rings (SSSR count). The first-order chi connectivity index (χ1) is 15.5. The summed E-state index contributed by atoms with van der Waals surface area (Å²) in [4.78, 5) is 27.6. The van der Waals surface area contributed by atoms with Crippen LogP contribution in [0.25, 0.3) is 5.76 Å². The molecule has 0 aliphatic carbocycles. The number of halogens is 1. The number of nitrogens with zero attached hydrogens (tertiary/aromatic N) is 1. The molecule has 32 heavy (non-hydrogen) atoms. The zero-order valence-electron chi connectivity index (χ0n) is 17.5. The summed E-state index contributed by atoms with van der Waals surface area (Å²) in [6, 6.07) is 22.7. The van der Waals surface area contributed by atoms with Gasteiger partial charge in [0.25, 0.3) is 11.7 Å². The summed E-state index contributed by atoms with van der Waals surface area (Å²) in [5.41, 5.74) is 2.20. The van der Waals surface area contributed by atoms with Crippen LogP contribution < -0.4 is 4.74 Å². The summed E-state index contributed by atoms with van der Waals surface area (Å²) >= 11 is 6.21. The number of benzene rings is 3. The maximum Gasteiger partial charge on any atom is 0.295 e. The summed E-state index contributed by atoms with van der Waals surface area (Å²) in [6.07, 6.45) is 0.577. The average molecular weight is 448 g/mol. The molecule has 5 nitrogen and oxygen atoms in total. The summed E-state index contributed by atoms with van der Waals surface area (Å²) in [5.74, 6) is -0.952. The van der Waals surface area contributed by atoms with Crippen LogP contribution in [0.1, 0.15) is 22.7 Å². The van der Waals surface area contributed by atoms with Gasteiger partial charge in [-0.3, -0.25) is 9.59 Å². The van der Waals surface area contributed by atoms with Crippen LogP contribution in [0, 0.1) is 0 Å². The highest BCUT2D eigenvalue weighted by Crippen LogP contribution is 2.40. The van der Waals surface area contributed by atoms with Gasteiger partial charge in [-0.05, 0) is 53.9 Å². The van der Waals surface area contributed by atoms with E-state index in [1.165, 1.54) is 4.90 Å². The van der Waals surface area contributed by atoms with Crippen molar-refractivity contribution in [2.24, 2.45) is 0 Å². The number of hydrogen-bond donors (Lipinski definition) is 1. The van der Waals surface area contributed by atoms with Crippen molar-refractivity contribution in [3.63, 3.8) is 0 Å². The smallest absolute Gasteiger partial charge is 0.295 e. The van der Waals surface area contributed by atoms with E-state index in [1.54, 1.807) is 55.6 Å². The van der Waals surface area contributed by atoms with Crippen LogP contribution in [-0.2, 0) is 16.0 Å². The highest BCUT2D eigenvalue weighted by Gasteiger charge is 2.45. The fourth-order valence-corrected chi connectivity index (χ4v) is 4.13. The van der Waals surface area contributed by atoms with Crippen LogP contribution in [0.3, 0.4) is 0 Å². The van der Waals surface area contributed by atoms with Crippen molar-refractivity contribution in [3.05, 3.63) is 106 Å². The molecule has 0 saturated carbocycles. The molecule has 1 saturated heterocycles. The lowest BCUT2D eigenvalue weighted by atomic mass is 9.95. The molecule has 1 aliphatic heterocycles. The maximum absolute atomic E-state index is 13.1. The van der Waals surface area contributed by atoms with Gasteiger partial charge in [-0.25, -0.2) is 0 Å². The fourth-order valence-electron chi connectivity index (χ4n) is 3.93.